The molecule has 2 rings (SSSR count). The van der Waals surface area contributed by atoms with Crippen LogP contribution in [0, 0.1) is 6.92 Å². The number of furan rings is 1. The predicted molar refractivity (Wildman–Crippen MR) is 71.5 cm³/mol. The highest BCUT2D eigenvalue weighted by atomic mass is 16.5. The van der Waals surface area contributed by atoms with E-state index in [1.54, 1.807) is 26.3 Å². The van der Waals surface area contributed by atoms with Gasteiger partial charge in [-0.3, -0.25) is 4.79 Å². The number of ether oxygens (including phenoxy) is 1. The van der Waals surface area contributed by atoms with Crippen LogP contribution in [0.25, 0.3) is 0 Å². The SMILES string of the molecule is COc1ccc(C=NNC(=O)c2ccoc2C)cc1. The molecule has 0 saturated carbocycles. The highest BCUT2D eigenvalue weighted by molar-refractivity contribution is 5.95. The maximum absolute atomic E-state index is 11.7. The van der Waals surface area contributed by atoms with E-state index in [-0.39, 0.29) is 5.91 Å². The van der Waals surface area contributed by atoms with Crippen LogP contribution >= 0.6 is 0 Å². The van der Waals surface area contributed by atoms with Gasteiger partial charge in [0.15, 0.2) is 0 Å². The summed E-state index contributed by atoms with van der Waals surface area (Å²) in [5.41, 5.74) is 3.79. The topological polar surface area (TPSA) is 63.8 Å². The van der Waals surface area contributed by atoms with Crippen molar-refractivity contribution in [2.75, 3.05) is 7.11 Å². The van der Waals surface area contributed by atoms with Crippen molar-refractivity contribution >= 4 is 12.1 Å². The van der Waals surface area contributed by atoms with Crippen molar-refractivity contribution in [2.45, 2.75) is 6.92 Å². The van der Waals surface area contributed by atoms with Gasteiger partial charge in [-0.05, 0) is 42.8 Å². The van der Waals surface area contributed by atoms with Crippen LogP contribution in [0.4, 0.5) is 0 Å². The lowest BCUT2D eigenvalue weighted by molar-refractivity contribution is 0.0953. The Kier molecular flexibility index (Phi) is 3.97. The molecule has 2 aromatic rings. The van der Waals surface area contributed by atoms with Crippen LogP contribution in [0.15, 0.2) is 46.1 Å². The van der Waals surface area contributed by atoms with Gasteiger partial charge in [-0.2, -0.15) is 5.10 Å². The molecule has 1 aromatic carbocycles. The third-order valence-corrected chi connectivity index (χ3v) is 2.60. The average molecular weight is 258 g/mol. The van der Waals surface area contributed by atoms with Crippen molar-refractivity contribution in [1.82, 2.24) is 5.43 Å². The Labute approximate surface area is 110 Å². The van der Waals surface area contributed by atoms with Gasteiger partial charge in [0, 0.05) is 0 Å². The molecule has 98 valence electrons. The van der Waals surface area contributed by atoms with Crippen molar-refractivity contribution in [1.29, 1.82) is 0 Å². The van der Waals surface area contributed by atoms with E-state index in [2.05, 4.69) is 10.5 Å². The Balaban J connectivity index is 1.96. The highest BCUT2D eigenvalue weighted by Gasteiger charge is 2.09. The molecule has 19 heavy (non-hydrogen) atoms. The van der Waals surface area contributed by atoms with Crippen LogP contribution in [0.1, 0.15) is 21.7 Å². The molecule has 0 radical (unpaired) electrons. The standard InChI is InChI=1S/C14H14N2O3/c1-10-13(7-8-19-10)14(17)16-15-9-11-3-5-12(18-2)6-4-11/h3-9H,1-2H3,(H,16,17). The molecule has 0 bridgehead atoms. The molecule has 1 heterocycles. The molecule has 0 aliphatic heterocycles. The largest absolute Gasteiger partial charge is 0.497 e. The van der Waals surface area contributed by atoms with Gasteiger partial charge in [-0.15, -0.1) is 0 Å². The van der Waals surface area contributed by atoms with Crippen LogP contribution in [-0.2, 0) is 0 Å². The Morgan fingerprint density at radius 3 is 2.63 bits per heavy atom. The number of nitrogens with zero attached hydrogens (tertiary/aromatic N) is 1. The molecule has 1 amide bonds. The minimum atomic E-state index is -0.295. The van der Waals surface area contributed by atoms with Crippen LogP contribution in [0.3, 0.4) is 0 Å². The lowest BCUT2D eigenvalue weighted by Crippen LogP contribution is -2.17. The van der Waals surface area contributed by atoms with Crippen molar-refractivity contribution in [2.24, 2.45) is 5.10 Å². The second-order valence-electron chi connectivity index (χ2n) is 3.86. The molecule has 0 saturated heterocycles. The zero-order valence-corrected chi connectivity index (χ0v) is 10.7. The third-order valence-electron chi connectivity index (χ3n) is 2.60. The summed E-state index contributed by atoms with van der Waals surface area (Å²) in [6.07, 6.45) is 3.03. The first-order valence-electron chi connectivity index (χ1n) is 5.72. The summed E-state index contributed by atoms with van der Waals surface area (Å²) in [7, 11) is 1.61. The zero-order chi connectivity index (χ0) is 13.7. The number of rotatable bonds is 4. The Morgan fingerprint density at radius 2 is 2.05 bits per heavy atom. The van der Waals surface area contributed by atoms with Crippen LogP contribution in [0.5, 0.6) is 5.75 Å². The second kappa shape index (κ2) is 5.86. The van der Waals surface area contributed by atoms with E-state index in [9.17, 15) is 4.79 Å². The number of hydrogen-bond acceptors (Lipinski definition) is 4. The summed E-state index contributed by atoms with van der Waals surface area (Å²) in [5.74, 6) is 1.04. The summed E-state index contributed by atoms with van der Waals surface area (Å²) >= 11 is 0. The van der Waals surface area contributed by atoms with Gasteiger partial charge in [-0.1, -0.05) is 0 Å². The van der Waals surface area contributed by atoms with Gasteiger partial charge in [0.2, 0.25) is 0 Å². The molecule has 5 heteroatoms. The molecule has 0 aliphatic rings. The average Bonchev–Trinajstić information content (AvgIpc) is 2.86. The monoisotopic (exact) mass is 258 g/mol. The first-order valence-corrected chi connectivity index (χ1v) is 5.72. The van der Waals surface area contributed by atoms with E-state index in [4.69, 9.17) is 9.15 Å². The number of hydrogen-bond donors (Lipinski definition) is 1. The Hall–Kier alpha value is -2.56. The molecular weight excluding hydrogens is 244 g/mol. The van der Waals surface area contributed by atoms with Crippen LogP contribution < -0.4 is 10.2 Å². The van der Waals surface area contributed by atoms with Gasteiger partial charge in [0.1, 0.15) is 11.5 Å². The van der Waals surface area contributed by atoms with Crippen LogP contribution in [-0.4, -0.2) is 19.2 Å². The zero-order valence-electron chi connectivity index (χ0n) is 10.7. The Bertz CT molecular complexity index is 585. The van der Waals surface area contributed by atoms with Gasteiger partial charge in [-0.25, -0.2) is 5.43 Å². The van der Waals surface area contributed by atoms with Crippen molar-refractivity contribution in [3.05, 3.63) is 53.5 Å². The van der Waals surface area contributed by atoms with E-state index in [0.29, 0.717) is 11.3 Å². The molecular formula is C14H14N2O3. The fraction of sp³-hybridized carbons (Fsp3) is 0.143. The van der Waals surface area contributed by atoms with Crippen molar-refractivity contribution < 1.29 is 13.9 Å². The first-order chi connectivity index (χ1) is 9.20. The predicted octanol–water partition coefficient (Wildman–Crippen LogP) is 2.36. The van der Waals surface area contributed by atoms with E-state index in [1.165, 1.54) is 6.26 Å². The molecule has 1 aromatic heterocycles. The summed E-state index contributed by atoms with van der Waals surface area (Å²) in [6.45, 7) is 1.72. The number of amides is 1. The number of carbonyl (C=O) groups excluding carboxylic acids is 1. The minimum Gasteiger partial charge on any atom is -0.497 e. The molecule has 0 unspecified atom stereocenters. The minimum absolute atomic E-state index is 0.295. The number of carbonyl (C=O) groups is 1. The lowest BCUT2D eigenvalue weighted by Gasteiger charge is -1.99. The highest BCUT2D eigenvalue weighted by Crippen LogP contribution is 2.10. The first kappa shape index (κ1) is 12.9. The van der Waals surface area contributed by atoms with Gasteiger partial charge in [0.25, 0.3) is 5.91 Å². The van der Waals surface area contributed by atoms with Gasteiger partial charge >= 0.3 is 0 Å². The molecule has 0 atom stereocenters. The lowest BCUT2D eigenvalue weighted by atomic mass is 10.2. The van der Waals surface area contributed by atoms with E-state index >= 15 is 0 Å². The fourth-order valence-electron chi connectivity index (χ4n) is 1.54. The molecule has 0 aliphatic carbocycles. The number of nitrogens with one attached hydrogen (secondary N) is 1. The van der Waals surface area contributed by atoms with Crippen molar-refractivity contribution in [3.8, 4) is 5.75 Å². The van der Waals surface area contributed by atoms with E-state index in [0.717, 1.165) is 11.3 Å². The maximum Gasteiger partial charge on any atom is 0.274 e. The molecule has 0 spiro atoms. The normalized spacial score (nSPS) is 10.6. The number of hydrazone groups is 1. The smallest absolute Gasteiger partial charge is 0.274 e. The van der Waals surface area contributed by atoms with Gasteiger partial charge in [0.05, 0.1) is 25.2 Å². The van der Waals surface area contributed by atoms with Crippen molar-refractivity contribution in [3.63, 3.8) is 0 Å². The Morgan fingerprint density at radius 1 is 1.32 bits per heavy atom. The van der Waals surface area contributed by atoms with E-state index in [1.807, 2.05) is 24.3 Å². The molecule has 1 N–H and O–H groups in total. The number of benzene rings is 1. The molecule has 0 fully saturated rings. The maximum atomic E-state index is 11.7. The molecule has 5 nitrogen and oxygen atoms in total. The second-order valence-corrected chi connectivity index (χ2v) is 3.86. The van der Waals surface area contributed by atoms with E-state index < -0.39 is 0 Å². The summed E-state index contributed by atoms with van der Waals surface area (Å²) in [6, 6.07) is 8.94. The summed E-state index contributed by atoms with van der Waals surface area (Å²) < 4.78 is 10.1. The quantitative estimate of drug-likeness (QED) is 0.676. The number of aryl methyl sites for hydroxylation is 1. The van der Waals surface area contributed by atoms with Gasteiger partial charge < -0.3 is 9.15 Å². The summed E-state index contributed by atoms with van der Waals surface area (Å²) in [5, 5.41) is 3.89. The third kappa shape index (κ3) is 3.22. The summed E-state index contributed by atoms with van der Waals surface area (Å²) in [4.78, 5) is 11.7. The van der Waals surface area contributed by atoms with Crippen LogP contribution in [0.2, 0.25) is 0 Å². The number of methoxy groups -OCH3 is 1. The fourth-order valence-corrected chi connectivity index (χ4v) is 1.54.